The molecule has 1 unspecified atom stereocenters. The van der Waals surface area contributed by atoms with E-state index < -0.39 is 0 Å². The summed E-state index contributed by atoms with van der Waals surface area (Å²) in [5, 5.41) is 2.06. The lowest BCUT2D eigenvalue weighted by molar-refractivity contribution is -0.132. The second kappa shape index (κ2) is 7.65. The minimum absolute atomic E-state index is 0.323. The second-order valence-corrected chi connectivity index (χ2v) is 8.12. The minimum atomic E-state index is 0.323. The Morgan fingerprint density at radius 1 is 1.24 bits per heavy atom. The summed E-state index contributed by atoms with van der Waals surface area (Å²) in [7, 11) is 0. The van der Waals surface area contributed by atoms with E-state index in [4.69, 9.17) is 0 Å². The van der Waals surface area contributed by atoms with Crippen LogP contribution in [0.25, 0.3) is 0 Å². The van der Waals surface area contributed by atoms with E-state index >= 15 is 0 Å². The summed E-state index contributed by atoms with van der Waals surface area (Å²) >= 11 is 3.71. The highest BCUT2D eigenvalue weighted by Crippen LogP contribution is 2.21. The van der Waals surface area contributed by atoms with Crippen LogP contribution >= 0.6 is 23.1 Å². The zero-order chi connectivity index (χ0) is 14.5. The third-order valence-electron chi connectivity index (χ3n) is 4.33. The maximum atomic E-state index is 12.7. The third kappa shape index (κ3) is 4.24. The van der Waals surface area contributed by atoms with Gasteiger partial charge < -0.3 is 9.80 Å². The molecule has 3 nitrogen and oxygen atoms in total. The molecule has 1 aromatic rings. The fourth-order valence-corrected chi connectivity index (χ4v) is 4.99. The van der Waals surface area contributed by atoms with E-state index in [-0.39, 0.29) is 0 Å². The Balaban J connectivity index is 1.64. The maximum absolute atomic E-state index is 12.7. The van der Waals surface area contributed by atoms with Crippen LogP contribution in [0.1, 0.15) is 24.1 Å². The van der Waals surface area contributed by atoms with Gasteiger partial charge in [-0.2, -0.15) is 11.8 Å². The van der Waals surface area contributed by atoms with Gasteiger partial charge in [0, 0.05) is 23.7 Å². The van der Waals surface area contributed by atoms with Crippen LogP contribution in [0.3, 0.4) is 0 Å². The lowest BCUT2D eigenvalue weighted by atomic mass is 10.2. The van der Waals surface area contributed by atoms with E-state index in [2.05, 4.69) is 21.2 Å². The number of carbonyl (C=O) groups excluding carboxylic acids is 1. The number of nitrogens with zero attached hydrogens (tertiary/aromatic N) is 2. The molecular formula is C16H24N2OS2. The molecule has 3 heterocycles. The van der Waals surface area contributed by atoms with Crippen LogP contribution in [0.4, 0.5) is 0 Å². The molecule has 1 amide bonds. The molecule has 1 aromatic heterocycles. The van der Waals surface area contributed by atoms with Crippen molar-refractivity contribution in [3.8, 4) is 0 Å². The van der Waals surface area contributed by atoms with Crippen LogP contribution in [0.5, 0.6) is 0 Å². The van der Waals surface area contributed by atoms with E-state index in [1.165, 1.54) is 36.6 Å². The van der Waals surface area contributed by atoms with Crippen LogP contribution in [0.15, 0.2) is 17.5 Å². The summed E-state index contributed by atoms with van der Waals surface area (Å²) in [6.45, 7) is 4.45. The van der Waals surface area contributed by atoms with E-state index in [0.29, 0.717) is 18.4 Å². The van der Waals surface area contributed by atoms with Gasteiger partial charge in [0.05, 0.1) is 12.5 Å². The predicted octanol–water partition coefficient (Wildman–Crippen LogP) is 2.72. The Morgan fingerprint density at radius 2 is 2.10 bits per heavy atom. The van der Waals surface area contributed by atoms with Gasteiger partial charge in [-0.3, -0.25) is 4.79 Å². The quantitative estimate of drug-likeness (QED) is 0.851. The van der Waals surface area contributed by atoms with Crippen molar-refractivity contribution in [2.75, 3.05) is 37.7 Å². The Bertz CT molecular complexity index is 443. The molecule has 2 saturated heterocycles. The van der Waals surface area contributed by atoms with Crippen molar-refractivity contribution in [1.29, 1.82) is 0 Å². The maximum Gasteiger partial charge on any atom is 0.228 e. The largest absolute Gasteiger partial charge is 0.337 e. The summed E-state index contributed by atoms with van der Waals surface area (Å²) < 4.78 is 0. The zero-order valence-corrected chi connectivity index (χ0v) is 14.1. The van der Waals surface area contributed by atoms with Crippen molar-refractivity contribution in [2.24, 2.45) is 0 Å². The topological polar surface area (TPSA) is 23.6 Å². The molecule has 0 radical (unpaired) electrons. The molecule has 2 fully saturated rings. The SMILES string of the molecule is O=C(Cc1cccs1)N1CCCSCC1CN1CCCC1. The first-order chi connectivity index (χ1) is 10.3. The van der Waals surface area contributed by atoms with Gasteiger partial charge in [0.25, 0.3) is 0 Å². The molecule has 0 bridgehead atoms. The smallest absolute Gasteiger partial charge is 0.228 e. The first-order valence-electron chi connectivity index (χ1n) is 7.95. The molecule has 0 aliphatic carbocycles. The molecule has 21 heavy (non-hydrogen) atoms. The number of hydrogen-bond acceptors (Lipinski definition) is 4. The Hall–Kier alpha value is -0.520. The van der Waals surface area contributed by atoms with E-state index in [1.807, 2.05) is 17.8 Å². The van der Waals surface area contributed by atoms with Crippen molar-refractivity contribution in [1.82, 2.24) is 9.80 Å². The number of thiophene rings is 1. The Morgan fingerprint density at radius 3 is 2.86 bits per heavy atom. The van der Waals surface area contributed by atoms with Gasteiger partial charge in [-0.1, -0.05) is 6.07 Å². The molecule has 2 aliphatic heterocycles. The van der Waals surface area contributed by atoms with Crippen molar-refractivity contribution < 1.29 is 4.79 Å². The summed E-state index contributed by atoms with van der Waals surface area (Å²) in [5.41, 5.74) is 0. The van der Waals surface area contributed by atoms with E-state index in [1.54, 1.807) is 11.3 Å². The summed E-state index contributed by atoms with van der Waals surface area (Å²) in [5.74, 6) is 2.62. The van der Waals surface area contributed by atoms with Crippen LogP contribution in [-0.4, -0.2) is 59.4 Å². The van der Waals surface area contributed by atoms with Crippen molar-refractivity contribution in [2.45, 2.75) is 31.7 Å². The molecule has 2 aliphatic rings. The van der Waals surface area contributed by atoms with Gasteiger partial charge in [-0.15, -0.1) is 11.3 Å². The second-order valence-electron chi connectivity index (χ2n) is 5.93. The summed E-state index contributed by atoms with van der Waals surface area (Å²) in [6.07, 6.45) is 4.36. The summed E-state index contributed by atoms with van der Waals surface area (Å²) in [4.78, 5) is 18.6. The van der Waals surface area contributed by atoms with Gasteiger partial charge in [-0.05, 0) is 49.6 Å². The lowest BCUT2D eigenvalue weighted by Crippen LogP contribution is -2.48. The first kappa shape index (κ1) is 15.4. The standard InChI is InChI=1S/C16H24N2OS2/c19-16(11-15-5-3-10-21-15)18-8-4-9-20-13-14(18)12-17-6-1-2-7-17/h3,5,10,14H,1-2,4,6-9,11-13H2. The molecule has 1 atom stereocenters. The average Bonchev–Trinajstić information content (AvgIpc) is 3.11. The average molecular weight is 325 g/mol. The molecule has 116 valence electrons. The predicted molar refractivity (Wildman–Crippen MR) is 91.1 cm³/mol. The Kier molecular flexibility index (Phi) is 5.61. The number of likely N-dealkylation sites (tertiary alicyclic amines) is 1. The first-order valence-corrected chi connectivity index (χ1v) is 9.98. The number of carbonyl (C=O) groups is 1. The number of amides is 1. The highest BCUT2D eigenvalue weighted by molar-refractivity contribution is 7.99. The molecule has 0 aromatic carbocycles. The molecule has 0 N–H and O–H groups in total. The Labute approximate surface area is 135 Å². The van der Waals surface area contributed by atoms with Crippen molar-refractivity contribution in [3.05, 3.63) is 22.4 Å². The van der Waals surface area contributed by atoms with Gasteiger partial charge in [0.2, 0.25) is 5.91 Å². The highest BCUT2D eigenvalue weighted by Gasteiger charge is 2.28. The molecule has 0 spiro atoms. The number of rotatable bonds is 4. The van der Waals surface area contributed by atoms with Crippen molar-refractivity contribution in [3.63, 3.8) is 0 Å². The third-order valence-corrected chi connectivity index (χ3v) is 6.41. The van der Waals surface area contributed by atoms with Crippen LogP contribution in [0.2, 0.25) is 0 Å². The number of hydrogen-bond donors (Lipinski definition) is 0. The van der Waals surface area contributed by atoms with Gasteiger partial charge in [0.1, 0.15) is 0 Å². The lowest BCUT2D eigenvalue weighted by Gasteiger charge is -2.32. The van der Waals surface area contributed by atoms with Crippen LogP contribution in [0, 0.1) is 0 Å². The number of thioether (sulfide) groups is 1. The van der Waals surface area contributed by atoms with E-state index in [0.717, 1.165) is 25.3 Å². The van der Waals surface area contributed by atoms with Crippen molar-refractivity contribution >= 4 is 29.0 Å². The molecule has 0 saturated carbocycles. The molecule has 3 rings (SSSR count). The van der Waals surface area contributed by atoms with Gasteiger partial charge >= 0.3 is 0 Å². The minimum Gasteiger partial charge on any atom is -0.337 e. The van der Waals surface area contributed by atoms with Crippen LogP contribution in [-0.2, 0) is 11.2 Å². The normalized spacial score (nSPS) is 24.2. The fraction of sp³-hybridized carbons (Fsp3) is 0.688. The van der Waals surface area contributed by atoms with Crippen LogP contribution < -0.4 is 0 Å². The van der Waals surface area contributed by atoms with Gasteiger partial charge in [0.15, 0.2) is 0 Å². The van der Waals surface area contributed by atoms with Gasteiger partial charge in [-0.25, -0.2) is 0 Å². The molecular weight excluding hydrogens is 300 g/mol. The zero-order valence-electron chi connectivity index (χ0n) is 12.5. The molecule has 5 heteroatoms. The highest BCUT2D eigenvalue weighted by atomic mass is 32.2. The van der Waals surface area contributed by atoms with E-state index in [9.17, 15) is 4.79 Å². The summed E-state index contributed by atoms with van der Waals surface area (Å²) in [6, 6.07) is 4.51. The fourth-order valence-electron chi connectivity index (χ4n) is 3.24. The monoisotopic (exact) mass is 324 g/mol.